The summed E-state index contributed by atoms with van der Waals surface area (Å²) in [6.07, 6.45) is -3.40. The lowest BCUT2D eigenvalue weighted by Gasteiger charge is -2.12. The molecule has 9 heteroatoms. The van der Waals surface area contributed by atoms with Crippen molar-refractivity contribution >= 4 is 23.2 Å². The smallest absolute Gasteiger partial charge is 0.416 e. The van der Waals surface area contributed by atoms with Gasteiger partial charge in [-0.1, -0.05) is 11.6 Å². The van der Waals surface area contributed by atoms with Crippen molar-refractivity contribution < 1.29 is 27.1 Å². The van der Waals surface area contributed by atoms with Crippen LogP contribution in [0.3, 0.4) is 0 Å². The van der Waals surface area contributed by atoms with Gasteiger partial charge in [-0.25, -0.2) is 0 Å². The summed E-state index contributed by atoms with van der Waals surface area (Å²) in [6, 6.07) is 3.65. The molecular formula is C15H11ClF3NO4. The molecule has 0 atom stereocenters. The Hall–Kier alpha value is -2.48. The molecule has 0 aliphatic rings. The van der Waals surface area contributed by atoms with E-state index in [4.69, 9.17) is 20.8 Å². The summed E-state index contributed by atoms with van der Waals surface area (Å²) in [7, 11) is 0. The second-order valence-electron chi connectivity index (χ2n) is 4.70. The molecule has 1 N–H and O–H groups in total. The first-order valence-corrected chi connectivity index (χ1v) is 6.94. The van der Waals surface area contributed by atoms with Gasteiger partial charge in [0, 0.05) is 6.07 Å². The van der Waals surface area contributed by atoms with Crippen LogP contribution in [0, 0.1) is 6.92 Å². The molecule has 1 amide bonds. The van der Waals surface area contributed by atoms with Crippen molar-refractivity contribution in [3.63, 3.8) is 0 Å². The number of hydrogen-bond donors (Lipinski definition) is 1. The number of nitrogens with one attached hydrogen (secondary N) is 1. The number of hydrogen-bond acceptors (Lipinski definition) is 4. The van der Waals surface area contributed by atoms with Gasteiger partial charge in [0.15, 0.2) is 6.61 Å². The van der Waals surface area contributed by atoms with Gasteiger partial charge in [0.05, 0.1) is 22.5 Å². The third-order valence-electron chi connectivity index (χ3n) is 2.92. The number of benzene rings is 1. The molecule has 1 heterocycles. The lowest BCUT2D eigenvalue weighted by atomic mass is 10.2. The van der Waals surface area contributed by atoms with Crippen LogP contribution in [0.1, 0.15) is 11.3 Å². The summed E-state index contributed by atoms with van der Waals surface area (Å²) in [6.45, 7) is 0.875. The van der Waals surface area contributed by atoms with Gasteiger partial charge in [-0.15, -0.1) is 0 Å². The number of ether oxygens (including phenoxy) is 1. The van der Waals surface area contributed by atoms with Gasteiger partial charge < -0.3 is 14.5 Å². The van der Waals surface area contributed by atoms with Crippen molar-refractivity contribution in [2.45, 2.75) is 13.1 Å². The molecule has 2 aromatic rings. The van der Waals surface area contributed by atoms with Crippen molar-refractivity contribution in [2.24, 2.45) is 0 Å². The minimum Gasteiger partial charge on any atom is -0.476 e. The average Bonchev–Trinajstić information content (AvgIpc) is 2.48. The molecule has 1 aromatic heterocycles. The van der Waals surface area contributed by atoms with E-state index in [0.29, 0.717) is 6.07 Å². The molecule has 0 bridgehead atoms. The molecular weight excluding hydrogens is 351 g/mol. The zero-order chi connectivity index (χ0) is 17.9. The summed E-state index contributed by atoms with van der Waals surface area (Å²) in [4.78, 5) is 23.4. The predicted octanol–water partition coefficient (Wildman–Crippen LogP) is 3.64. The number of carbonyl (C=O) groups excluding carboxylic acids is 1. The van der Waals surface area contributed by atoms with E-state index in [1.165, 1.54) is 13.2 Å². The number of halogens is 4. The molecule has 1 aromatic carbocycles. The second-order valence-corrected chi connectivity index (χ2v) is 5.11. The van der Waals surface area contributed by atoms with E-state index in [-0.39, 0.29) is 22.2 Å². The number of anilines is 1. The molecule has 5 nitrogen and oxygen atoms in total. The van der Waals surface area contributed by atoms with Crippen LogP contribution in [-0.4, -0.2) is 12.5 Å². The molecule has 0 spiro atoms. The van der Waals surface area contributed by atoms with Gasteiger partial charge >= 0.3 is 6.18 Å². The first kappa shape index (κ1) is 17.9. The highest BCUT2D eigenvalue weighted by molar-refractivity contribution is 6.33. The highest BCUT2D eigenvalue weighted by Gasteiger charge is 2.31. The van der Waals surface area contributed by atoms with Crippen molar-refractivity contribution in [1.29, 1.82) is 0 Å². The van der Waals surface area contributed by atoms with E-state index < -0.39 is 29.7 Å². The number of alkyl halides is 3. The zero-order valence-electron chi connectivity index (χ0n) is 12.2. The fourth-order valence-corrected chi connectivity index (χ4v) is 1.96. The Kier molecular flexibility index (Phi) is 5.18. The van der Waals surface area contributed by atoms with E-state index in [9.17, 15) is 22.8 Å². The number of carbonyl (C=O) groups is 1. The number of rotatable bonds is 4. The minimum absolute atomic E-state index is 0.0632. The van der Waals surface area contributed by atoms with Crippen LogP contribution in [0.2, 0.25) is 5.02 Å². The molecule has 0 aliphatic carbocycles. The van der Waals surface area contributed by atoms with E-state index >= 15 is 0 Å². The molecule has 2 rings (SSSR count). The summed E-state index contributed by atoms with van der Waals surface area (Å²) in [5, 5.41) is 2.14. The van der Waals surface area contributed by atoms with Crippen LogP contribution in [0.25, 0.3) is 0 Å². The van der Waals surface area contributed by atoms with Gasteiger partial charge in [0.25, 0.3) is 5.91 Å². The van der Waals surface area contributed by atoms with Crippen LogP contribution in [0.4, 0.5) is 18.9 Å². The molecule has 0 radical (unpaired) electrons. The van der Waals surface area contributed by atoms with E-state index in [1.807, 2.05) is 0 Å². The maximum absolute atomic E-state index is 12.7. The summed E-state index contributed by atoms with van der Waals surface area (Å²) in [5.41, 5.74) is -1.65. The Morgan fingerprint density at radius 1 is 1.33 bits per heavy atom. The first-order chi connectivity index (χ1) is 11.2. The first-order valence-electron chi connectivity index (χ1n) is 6.56. The molecule has 0 aliphatic heterocycles. The van der Waals surface area contributed by atoms with Gasteiger partial charge in [-0.2, -0.15) is 13.2 Å². The monoisotopic (exact) mass is 361 g/mol. The maximum Gasteiger partial charge on any atom is 0.416 e. The fourth-order valence-electron chi connectivity index (χ4n) is 1.79. The third-order valence-corrected chi connectivity index (χ3v) is 3.25. The zero-order valence-corrected chi connectivity index (χ0v) is 13.0. The maximum atomic E-state index is 12.7. The van der Waals surface area contributed by atoms with Gasteiger partial charge in [0.1, 0.15) is 5.76 Å². The number of amides is 1. The van der Waals surface area contributed by atoms with E-state index in [1.54, 1.807) is 0 Å². The average molecular weight is 362 g/mol. The van der Waals surface area contributed by atoms with Crippen molar-refractivity contribution in [3.8, 4) is 5.75 Å². The lowest BCUT2D eigenvalue weighted by Crippen LogP contribution is -2.23. The highest BCUT2D eigenvalue weighted by atomic mass is 35.5. The van der Waals surface area contributed by atoms with Crippen molar-refractivity contribution in [2.75, 3.05) is 11.9 Å². The molecule has 24 heavy (non-hydrogen) atoms. The third kappa shape index (κ3) is 4.29. The summed E-state index contributed by atoms with van der Waals surface area (Å²) >= 11 is 5.77. The number of aryl methyl sites for hydroxylation is 1. The van der Waals surface area contributed by atoms with Gasteiger partial charge in [0.2, 0.25) is 11.2 Å². The minimum atomic E-state index is -4.57. The van der Waals surface area contributed by atoms with E-state index in [0.717, 1.165) is 18.2 Å². The molecule has 128 valence electrons. The molecule has 0 fully saturated rings. The standard InChI is InChI=1S/C15H11ClF3NO4/c1-8-14(12(21)4-5-23-8)24-7-13(22)20-11-6-9(15(17,18)19)2-3-10(11)16/h2-6H,7H2,1H3,(H,20,22). The molecule has 0 saturated heterocycles. The van der Waals surface area contributed by atoms with Gasteiger partial charge in [-0.3, -0.25) is 9.59 Å². The second kappa shape index (κ2) is 6.96. The van der Waals surface area contributed by atoms with Crippen LogP contribution < -0.4 is 15.5 Å². The van der Waals surface area contributed by atoms with Crippen LogP contribution in [0.15, 0.2) is 39.7 Å². The van der Waals surface area contributed by atoms with Crippen molar-refractivity contribution in [1.82, 2.24) is 0 Å². The Balaban J connectivity index is 2.09. The van der Waals surface area contributed by atoms with Crippen molar-refractivity contribution in [3.05, 3.63) is 57.1 Å². The van der Waals surface area contributed by atoms with Gasteiger partial charge in [-0.05, 0) is 25.1 Å². The van der Waals surface area contributed by atoms with Crippen LogP contribution >= 0.6 is 11.6 Å². The summed E-state index contributed by atoms with van der Waals surface area (Å²) in [5.74, 6) is -0.755. The Morgan fingerprint density at radius 2 is 2.04 bits per heavy atom. The molecule has 0 saturated carbocycles. The quantitative estimate of drug-likeness (QED) is 0.902. The Labute approximate surface area is 139 Å². The Bertz CT molecular complexity index is 817. The van der Waals surface area contributed by atoms with Crippen LogP contribution in [0.5, 0.6) is 5.75 Å². The predicted molar refractivity (Wildman–Crippen MR) is 80.3 cm³/mol. The Morgan fingerprint density at radius 3 is 2.67 bits per heavy atom. The van der Waals surface area contributed by atoms with Crippen LogP contribution in [-0.2, 0) is 11.0 Å². The SMILES string of the molecule is Cc1occc(=O)c1OCC(=O)Nc1cc(C(F)(F)F)ccc1Cl. The topological polar surface area (TPSA) is 68.5 Å². The fraction of sp³-hybridized carbons (Fsp3) is 0.200. The summed E-state index contributed by atoms with van der Waals surface area (Å²) < 4.78 is 48.0. The highest BCUT2D eigenvalue weighted by Crippen LogP contribution is 2.33. The normalized spacial score (nSPS) is 11.2. The molecule has 0 unspecified atom stereocenters. The largest absolute Gasteiger partial charge is 0.476 e. The lowest BCUT2D eigenvalue weighted by molar-refractivity contribution is -0.137. The van der Waals surface area contributed by atoms with E-state index in [2.05, 4.69) is 5.32 Å².